The number of nitrogens with one attached hydrogen (secondary N) is 2. The highest BCUT2D eigenvalue weighted by Crippen LogP contribution is 2.36. The number of rotatable bonds is 7. The standard InChI is InChI=1S/C21H23Cl2N5O3/c1-27(2)8-9-31-19-7-5-13(10-15(19)20-17(23)12-24-28(20)3)25-21(30)26-14-4-6-16(22)18(29)11-14/h4-7,10-12,29H,8-9H2,1-3H3,(H2,25,26,30). The molecule has 0 atom stereocenters. The Morgan fingerprint density at radius 3 is 2.42 bits per heavy atom. The highest BCUT2D eigenvalue weighted by atomic mass is 35.5. The van der Waals surface area contributed by atoms with E-state index < -0.39 is 6.03 Å². The lowest BCUT2D eigenvalue weighted by Gasteiger charge is -2.16. The fourth-order valence-electron chi connectivity index (χ4n) is 2.85. The molecule has 10 heteroatoms. The third-order valence-corrected chi connectivity index (χ3v) is 4.98. The van der Waals surface area contributed by atoms with Crippen molar-refractivity contribution in [3.05, 3.63) is 52.6 Å². The number of carbonyl (C=O) groups is 1. The molecule has 0 aliphatic carbocycles. The van der Waals surface area contributed by atoms with E-state index in [4.69, 9.17) is 27.9 Å². The number of carbonyl (C=O) groups excluding carboxylic acids is 1. The van der Waals surface area contributed by atoms with E-state index in [9.17, 15) is 9.90 Å². The Labute approximate surface area is 190 Å². The maximum Gasteiger partial charge on any atom is 0.323 e. The highest BCUT2D eigenvalue weighted by Gasteiger charge is 2.16. The molecular formula is C21H23Cl2N5O3. The van der Waals surface area contributed by atoms with Crippen LogP contribution in [0.1, 0.15) is 0 Å². The van der Waals surface area contributed by atoms with E-state index in [1.165, 1.54) is 12.1 Å². The van der Waals surface area contributed by atoms with Gasteiger partial charge in [-0.1, -0.05) is 23.2 Å². The first-order chi connectivity index (χ1) is 14.7. The maximum atomic E-state index is 12.4. The lowest BCUT2D eigenvalue weighted by atomic mass is 10.1. The molecule has 3 N–H and O–H groups in total. The zero-order valence-corrected chi connectivity index (χ0v) is 18.8. The molecule has 31 heavy (non-hydrogen) atoms. The van der Waals surface area contributed by atoms with Gasteiger partial charge in [0, 0.05) is 36.6 Å². The van der Waals surface area contributed by atoms with Crippen molar-refractivity contribution < 1.29 is 14.6 Å². The number of aryl methyl sites for hydroxylation is 1. The summed E-state index contributed by atoms with van der Waals surface area (Å²) >= 11 is 12.1. The number of halogens is 2. The molecular weight excluding hydrogens is 441 g/mol. The van der Waals surface area contributed by atoms with Crippen molar-refractivity contribution in [1.29, 1.82) is 0 Å². The zero-order valence-electron chi connectivity index (χ0n) is 17.3. The normalized spacial score (nSPS) is 10.9. The van der Waals surface area contributed by atoms with Gasteiger partial charge in [0.1, 0.15) is 18.1 Å². The summed E-state index contributed by atoms with van der Waals surface area (Å²) < 4.78 is 7.60. The molecule has 0 aliphatic rings. The smallest absolute Gasteiger partial charge is 0.323 e. The molecule has 8 nitrogen and oxygen atoms in total. The van der Waals surface area contributed by atoms with E-state index in [-0.39, 0.29) is 10.8 Å². The lowest BCUT2D eigenvalue weighted by molar-refractivity contribution is 0.261. The summed E-state index contributed by atoms with van der Waals surface area (Å²) in [5.74, 6) is 0.507. The van der Waals surface area contributed by atoms with Crippen LogP contribution in [0.3, 0.4) is 0 Å². The SMILES string of the molecule is CN(C)CCOc1ccc(NC(=O)Nc2ccc(Cl)c(O)c2)cc1-c1c(Cl)cnn1C. The highest BCUT2D eigenvalue weighted by molar-refractivity contribution is 6.33. The minimum absolute atomic E-state index is 0.119. The first kappa shape index (κ1) is 22.7. The van der Waals surface area contributed by atoms with E-state index >= 15 is 0 Å². The van der Waals surface area contributed by atoms with Crippen LogP contribution in [0.4, 0.5) is 16.2 Å². The van der Waals surface area contributed by atoms with Gasteiger partial charge >= 0.3 is 6.03 Å². The number of urea groups is 1. The lowest BCUT2D eigenvalue weighted by Crippen LogP contribution is -2.20. The van der Waals surface area contributed by atoms with Crippen LogP contribution in [-0.2, 0) is 7.05 Å². The second-order valence-corrected chi connectivity index (χ2v) is 7.89. The number of aromatic hydroxyl groups is 1. The van der Waals surface area contributed by atoms with Crippen LogP contribution in [-0.4, -0.2) is 53.1 Å². The molecule has 0 fully saturated rings. The third kappa shape index (κ3) is 5.81. The van der Waals surface area contributed by atoms with Crippen LogP contribution in [0.2, 0.25) is 10.0 Å². The van der Waals surface area contributed by atoms with Crippen molar-refractivity contribution in [2.24, 2.45) is 7.05 Å². The van der Waals surface area contributed by atoms with Gasteiger partial charge in [0.15, 0.2) is 0 Å². The average Bonchev–Trinajstić information content (AvgIpc) is 3.03. The number of ether oxygens (including phenoxy) is 1. The summed E-state index contributed by atoms with van der Waals surface area (Å²) in [6.45, 7) is 1.23. The van der Waals surface area contributed by atoms with Gasteiger partial charge in [0.25, 0.3) is 0 Å². The molecule has 0 unspecified atom stereocenters. The molecule has 0 aliphatic heterocycles. The number of aromatic nitrogens is 2. The number of phenolic OH excluding ortho intramolecular Hbond substituents is 1. The molecule has 0 saturated carbocycles. The quantitative estimate of drug-likeness (QED) is 0.472. The fourth-order valence-corrected chi connectivity index (χ4v) is 3.24. The Morgan fingerprint density at radius 1 is 1.13 bits per heavy atom. The predicted octanol–water partition coefficient (Wildman–Crippen LogP) is 4.68. The second kappa shape index (κ2) is 9.91. The van der Waals surface area contributed by atoms with Crippen molar-refractivity contribution in [2.75, 3.05) is 37.9 Å². The number of anilines is 2. The van der Waals surface area contributed by atoms with E-state index in [1.54, 1.807) is 42.2 Å². The maximum absolute atomic E-state index is 12.4. The van der Waals surface area contributed by atoms with Crippen LogP contribution in [0, 0.1) is 0 Å². The molecule has 0 saturated heterocycles. The van der Waals surface area contributed by atoms with Crippen LogP contribution < -0.4 is 15.4 Å². The number of likely N-dealkylation sites (N-methyl/N-ethyl adjacent to an activating group) is 1. The van der Waals surface area contributed by atoms with Crippen LogP contribution in [0.5, 0.6) is 11.5 Å². The molecule has 3 aromatic rings. The molecule has 1 heterocycles. The Balaban J connectivity index is 1.83. The zero-order chi connectivity index (χ0) is 22.5. The van der Waals surface area contributed by atoms with Gasteiger partial charge in [0.05, 0.1) is 21.9 Å². The number of amides is 2. The summed E-state index contributed by atoms with van der Waals surface area (Å²) in [7, 11) is 5.72. The summed E-state index contributed by atoms with van der Waals surface area (Å²) in [6, 6.07) is 9.25. The summed E-state index contributed by atoms with van der Waals surface area (Å²) in [5.41, 5.74) is 2.31. The molecule has 0 bridgehead atoms. The first-order valence-electron chi connectivity index (χ1n) is 9.40. The van der Waals surface area contributed by atoms with Crippen molar-refractivity contribution >= 4 is 40.6 Å². The molecule has 164 valence electrons. The molecule has 2 aromatic carbocycles. The van der Waals surface area contributed by atoms with E-state index in [2.05, 4.69) is 15.7 Å². The number of hydrogen-bond donors (Lipinski definition) is 3. The van der Waals surface area contributed by atoms with Crippen molar-refractivity contribution in [3.8, 4) is 22.8 Å². The Hall–Kier alpha value is -2.94. The number of benzene rings is 2. The molecule has 1 aromatic heterocycles. The van der Waals surface area contributed by atoms with Gasteiger partial charge in [-0.2, -0.15) is 5.10 Å². The average molecular weight is 464 g/mol. The Bertz CT molecular complexity index is 1070. The summed E-state index contributed by atoms with van der Waals surface area (Å²) in [6.07, 6.45) is 1.56. The van der Waals surface area contributed by atoms with Gasteiger partial charge < -0.3 is 25.4 Å². The number of hydrogen-bond acceptors (Lipinski definition) is 5. The number of nitrogens with zero attached hydrogens (tertiary/aromatic N) is 3. The third-order valence-electron chi connectivity index (χ3n) is 4.39. The molecule has 0 spiro atoms. The van der Waals surface area contributed by atoms with Crippen LogP contribution in [0.15, 0.2) is 42.6 Å². The van der Waals surface area contributed by atoms with E-state index in [0.717, 1.165) is 6.54 Å². The fraction of sp³-hybridized carbons (Fsp3) is 0.238. The monoisotopic (exact) mass is 463 g/mol. The van der Waals surface area contributed by atoms with Gasteiger partial charge in [0.2, 0.25) is 0 Å². The van der Waals surface area contributed by atoms with Crippen molar-refractivity contribution in [2.45, 2.75) is 0 Å². The van der Waals surface area contributed by atoms with Crippen LogP contribution >= 0.6 is 23.2 Å². The molecule has 2 amide bonds. The topological polar surface area (TPSA) is 91.7 Å². The minimum Gasteiger partial charge on any atom is -0.506 e. The van der Waals surface area contributed by atoms with E-state index in [1.807, 2.05) is 19.0 Å². The van der Waals surface area contributed by atoms with Gasteiger partial charge in [-0.05, 0) is 44.4 Å². The summed E-state index contributed by atoms with van der Waals surface area (Å²) in [4.78, 5) is 14.4. The Morgan fingerprint density at radius 2 is 1.81 bits per heavy atom. The van der Waals surface area contributed by atoms with E-state index in [0.29, 0.717) is 40.0 Å². The molecule has 0 radical (unpaired) electrons. The van der Waals surface area contributed by atoms with Crippen LogP contribution in [0.25, 0.3) is 11.3 Å². The number of phenols is 1. The first-order valence-corrected chi connectivity index (χ1v) is 10.2. The second-order valence-electron chi connectivity index (χ2n) is 7.07. The predicted molar refractivity (Wildman–Crippen MR) is 123 cm³/mol. The Kier molecular flexibility index (Phi) is 7.27. The van der Waals surface area contributed by atoms with Gasteiger partial charge in [-0.25, -0.2) is 4.79 Å². The molecule has 3 rings (SSSR count). The minimum atomic E-state index is -0.481. The van der Waals surface area contributed by atoms with Crippen molar-refractivity contribution in [3.63, 3.8) is 0 Å². The van der Waals surface area contributed by atoms with Gasteiger partial charge in [-0.3, -0.25) is 4.68 Å². The largest absolute Gasteiger partial charge is 0.506 e. The van der Waals surface area contributed by atoms with Crippen molar-refractivity contribution in [1.82, 2.24) is 14.7 Å². The van der Waals surface area contributed by atoms with Gasteiger partial charge in [-0.15, -0.1) is 0 Å². The summed E-state index contributed by atoms with van der Waals surface area (Å²) in [5, 5.41) is 20.0.